The largest absolute Gasteiger partial charge is 0.224 e. The summed E-state index contributed by atoms with van der Waals surface area (Å²) < 4.78 is 24.7. The molecule has 0 aliphatic carbocycles. The summed E-state index contributed by atoms with van der Waals surface area (Å²) in [6.45, 7) is 0. The average molecular weight is 189 g/mol. The van der Waals surface area contributed by atoms with Gasteiger partial charge in [-0.15, -0.1) is 0 Å². The Morgan fingerprint density at radius 2 is 1.92 bits per heavy atom. The van der Waals surface area contributed by atoms with Gasteiger partial charge in [0.15, 0.2) is 0 Å². The minimum Gasteiger partial charge on any atom is -0.222 e. The SMILES string of the molecule is F/C(=C\c1ccccc1)C(F)Cl. The van der Waals surface area contributed by atoms with Gasteiger partial charge < -0.3 is 0 Å². The zero-order chi connectivity index (χ0) is 8.97. The van der Waals surface area contributed by atoms with E-state index < -0.39 is 11.5 Å². The summed E-state index contributed by atoms with van der Waals surface area (Å²) in [7, 11) is 0. The van der Waals surface area contributed by atoms with E-state index in [1.165, 1.54) is 0 Å². The molecule has 0 saturated carbocycles. The minimum atomic E-state index is -2.05. The number of rotatable bonds is 2. The van der Waals surface area contributed by atoms with Crippen LogP contribution in [0.15, 0.2) is 36.2 Å². The first-order valence-corrected chi connectivity index (χ1v) is 3.84. The Bertz CT molecular complexity index is 267. The highest BCUT2D eigenvalue weighted by Crippen LogP contribution is 2.16. The second-order valence-corrected chi connectivity index (χ2v) is 2.62. The van der Waals surface area contributed by atoms with E-state index in [1.807, 2.05) is 0 Å². The molecule has 0 spiro atoms. The molecule has 1 aromatic carbocycles. The van der Waals surface area contributed by atoms with Gasteiger partial charge in [-0.3, -0.25) is 0 Å². The van der Waals surface area contributed by atoms with Crippen LogP contribution in [0.4, 0.5) is 8.78 Å². The van der Waals surface area contributed by atoms with Gasteiger partial charge in [0.05, 0.1) is 0 Å². The van der Waals surface area contributed by atoms with E-state index in [0.717, 1.165) is 6.08 Å². The maximum atomic E-state index is 12.6. The predicted molar refractivity (Wildman–Crippen MR) is 46.3 cm³/mol. The van der Waals surface area contributed by atoms with Crippen molar-refractivity contribution in [1.29, 1.82) is 0 Å². The van der Waals surface area contributed by atoms with Gasteiger partial charge in [0.1, 0.15) is 5.83 Å². The lowest BCUT2D eigenvalue weighted by Crippen LogP contribution is -1.87. The molecule has 12 heavy (non-hydrogen) atoms. The van der Waals surface area contributed by atoms with Crippen LogP contribution in [0, 0.1) is 0 Å². The van der Waals surface area contributed by atoms with Gasteiger partial charge in [-0.2, -0.15) is 0 Å². The van der Waals surface area contributed by atoms with Crippen molar-refractivity contribution in [3.8, 4) is 0 Å². The molecule has 3 heteroatoms. The van der Waals surface area contributed by atoms with Gasteiger partial charge in [0.2, 0.25) is 5.63 Å². The van der Waals surface area contributed by atoms with Gasteiger partial charge in [0.25, 0.3) is 0 Å². The normalized spacial score (nSPS) is 14.4. The van der Waals surface area contributed by atoms with Gasteiger partial charge in [-0.1, -0.05) is 41.9 Å². The van der Waals surface area contributed by atoms with Gasteiger partial charge in [0, 0.05) is 0 Å². The van der Waals surface area contributed by atoms with E-state index in [4.69, 9.17) is 11.6 Å². The van der Waals surface area contributed by atoms with Crippen molar-refractivity contribution in [3.63, 3.8) is 0 Å². The number of hydrogen-bond donors (Lipinski definition) is 0. The number of alkyl halides is 2. The summed E-state index contributed by atoms with van der Waals surface area (Å²) in [4.78, 5) is 0. The van der Waals surface area contributed by atoms with E-state index in [0.29, 0.717) is 5.56 Å². The molecule has 0 aromatic heterocycles. The van der Waals surface area contributed by atoms with Crippen LogP contribution < -0.4 is 0 Å². The summed E-state index contributed by atoms with van der Waals surface area (Å²) in [5, 5.41) is 0. The Morgan fingerprint density at radius 1 is 1.33 bits per heavy atom. The Labute approximate surface area is 74.5 Å². The van der Waals surface area contributed by atoms with Crippen LogP contribution in [0.3, 0.4) is 0 Å². The quantitative estimate of drug-likeness (QED) is 0.623. The van der Waals surface area contributed by atoms with Crippen LogP contribution in [-0.2, 0) is 0 Å². The molecule has 64 valence electrons. The molecule has 0 bridgehead atoms. The molecule has 0 heterocycles. The Hall–Kier alpha value is -0.890. The molecule has 1 unspecified atom stereocenters. The maximum Gasteiger partial charge on any atom is 0.224 e. The molecule has 1 rings (SSSR count). The van der Waals surface area contributed by atoms with Gasteiger partial charge in [-0.25, -0.2) is 8.78 Å². The molecule has 0 nitrogen and oxygen atoms in total. The standard InChI is InChI=1S/C9H7ClF2/c10-9(12)8(11)6-7-4-2-1-3-5-7/h1-6,9H/b8-6-. The summed E-state index contributed by atoms with van der Waals surface area (Å²) in [5.74, 6) is -0.970. The lowest BCUT2D eigenvalue weighted by molar-refractivity contribution is 0.422. The van der Waals surface area contributed by atoms with E-state index in [1.54, 1.807) is 30.3 Å². The zero-order valence-corrected chi connectivity index (χ0v) is 6.93. The first-order chi connectivity index (χ1) is 5.70. The molecule has 1 aromatic rings. The van der Waals surface area contributed by atoms with E-state index in [-0.39, 0.29) is 0 Å². The van der Waals surface area contributed by atoms with Crippen molar-refractivity contribution >= 4 is 17.7 Å². The van der Waals surface area contributed by atoms with Crippen molar-refractivity contribution in [3.05, 3.63) is 41.7 Å². The van der Waals surface area contributed by atoms with Crippen molar-refractivity contribution in [2.24, 2.45) is 0 Å². The molecule has 0 saturated heterocycles. The second kappa shape index (κ2) is 4.21. The average Bonchev–Trinajstić information content (AvgIpc) is 2.06. The summed E-state index contributed by atoms with van der Waals surface area (Å²) >= 11 is 4.87. The highest BCUT2D eigenvalue weighted by atomic mass is 35.5. The third-order valence-corrected chi connectivity index (χ3v) is 1.52. The zero-order valence-electron chi connectivity index (χ0n) is 6.18. The first kappa shape index (κ1) is 9.20. The lowest BCUT2D eigenvalue weighted by atomic mass is 10.2. The van der Waals surface area contributed by atoms with Crippen LogP contribution in [0.1, 0.15) is 5.56 Å². The van der Waals surface area contributed by atoms with Crippen molar-refractivity contribution in [1.82, 2.24) is 0 Å². The van der Waals surface area contributed by atoms with Crippen LogP contribution >= 0.6 is 11.6 Å². The summed E-state index contributed by atoms with van der Waals surface area (Å²) in [5.41, 5.74) is -1.46. The molecular weight excluding hydrogens is 182 g/mol. The highest BCUT2D eigenvalue weighted by molar-refractivity contribution is 6.21. The molecule has 0 radical (unpaired) electrons. The number of benzene rings is 1. The van der Waals surface area contributed by atoms with Crippen LogP contribution in [0.25, 0.3) is 6.08 Å². The predicted octanol–water partition coefficient (Wildman–Crippen LogP) is 3.53. The topological polar surface area (TPSA) is 0 Å². The van der Waals surface area contributed by atoms with E-state index in [9.17, 15) is 8.78 Å². The molecule has 0 aliphatic rings. The fourth-order valence-electron chi connectivity index (χ4n) is 0.771. The van der Waals surface area contributed by atoms with Gasteiger partial charge >= 0.3 is 0 Å². The Kier molecular flexibility index (Phi) is 3.23. The highest BCUT2D eigenvalue weighted by Gasteiger charge is 2.06. The van der Waals surface area contributed by atoms with Crippen LogP contribution in [-0.4, -0.2) is 5.63 Å². The molecule has 0 fully saturated rings. The fourth-order valence-corrected chi connectivity index (χ4v) is 0.834. The molecule has 0 aliphatic heterocycles. The molecule has 0 amide bonds. The van der Waals surface area contributed by atoms with Crippen molar-refractivity contribution in [2.75, 3.05) is 0 Å². The number of halogens is 3. The minimum absolute atomic E-state index is 0.596. The fraction of sp³-hybridized carbons (Fsp3) is 0.111. The van der Waals surface area contributed by atoms with Crippen LogP contribution in [0.5, 0.6) is 0 Å². The van der Waals surface area contributed by atoms with Crippen molar-refractivity contribution in [2.45, 2.75) is 5.63 Å². The number of hydrogen-bond acceptors (Lipinski definition) is 0. The molecule has 1 atom stereocenters. The van der Waals surface area contributed by atoms with E-state index in [2.05, 4.69) is 0 Å². The maximum absolute atomic E-state index is 12.6. The monoisotopic (exact) mass is 188 g/mol. The number of allylic oxidation sites excluding steroid dienone is 1. The lowest BCUT2D eigenvalue weighted by Gasteiger charge is -1.95. The smallest absolute Gasteiger partial charge is 0.222 e. The van der Waals surface area contributed by atoms with Crippen LogP contribution in [0.2, 0.25) is 0 Å². The van der Waals surface area contributed by atoms with E-state index >= 15 is 0 Å². The third-order valence-electron chi connectivity index (χ3n) is 1.31. The Balaban J connectivity index is 2.81. The molecule has 0 N–H and O–H groups in total. The first-order valence-electron chi connectivity index (χ1n) is 3.40. The van der Waals surface area contributed by atoms with Gasteiger partial charge in [-0.05, 0) is 11.6 Å². The van der Waals surface area contributed by atoms with Crippen molar-refractivity contribution < 1.29 is 8.78 Å². The third kappa shape index (κ3) is 2.62. The second-order valence-electron chi connectivity index (χ2n) is 2.24. The Morgan fingerprint density at radius 3 is 2.42 bits per heavy atom. The molecular formula is C9H7ClF2. The summed E-state index contributed by atoms with van der Waals surface area (Å²) in [6.07, 6.45) is 1.07. The summed E-state index contributed by atoms with van der Waals surface area (Å²) in [6, 6.07) is 8.60.